The van der Waals surface area contributed by atoms with Crippen LogP contribution in [0, 0.1) is 0 Å². The third-order valence-corrected chi connectivity index (χ3v) is 3.77. The molecule has 0 aliphatic heterocycles. The van der Waals surface area contributed by atoms with Crippen molar-refractivity contribution >= 4 is 26.0 Å². The van der Waals surface area contributed by atoms with E-state index in [4.69, 9.17) is 4.18 Å². The maximum Gasteiger partial charge on any atom is 0.265 e. The van der Waals surface area contributed by atoms with Crippen molar-refractivity contribution in [2.45, 2.75) is 31.0 Å². The van der Waals surface area contributed by atoms with Crippen LogP contribution < -0.4 is 0 Å². The first-order chi connectivity index (χ1) is 6.79. The molecule has 0 heterocycles. The van der Waals surface area contributed by atoms with Gasteiger partial charge in [-0.05, 0) is 19.3 Å². The summed E-state index contributed by atoms with van der Waals surface area (Å²) >= 11 is 3.22. The molecule has 1 atom stereocenters. The first-order valence-corrected chi connectivity index (χ1v) is 7.54. The summed E-state index contributed by atoms with van der Waals surface area (Å²) in [6.07, 6.45) is 1.73. The van der Waals surface area contributed by atoms with Gasteiger partial charge in [-0.25, -0.2) is 0 Å². The van der Waals surface area contributed by atoms with Gasteiger partial charge in [0, 0.05) is 5.33 Å². The third kappa shape index (κ3) is 3.86. The zero-order chi connectivity index (χ0) is 11.7. The maximum atomic E-state index is 11.0. The number of alkyl halides is 1. The molecule has 15 heavy (non-hydrogen) atoms. The van der Waals surface area contributed by atoms with Crippen LogP contribution in [0.4, 0.5) is 0 Å². The van der Waals surface area contributed by atoms with Crippen molar-refractivity contribution in [3.63, 3.8) is 0 Å². The predicted octanol–water partition coefficient (Wildman–Crippen LogP) is 1.20. The van der Waals surface area contributed by atoms with Crippen molar-refractivity contribution in [3.8, 4) is 0 Å². The molecule has 1 rings (SSSR count). The molecule has 0 amide bonds. The molecule has 0 unspecified atom stereocenters. The van der Waals surface area contributed by atoms with Crippen LogP contribution in [-0.4, -0.2) is 36.8 Å². The second kappa shape index (κ2) is 4.53. The Balaban J connectivity index is 2.59. The fourth-order valence-electron chi connectivity index (χ4n) is 1.41. The van der Waals surface area contributed by atoms with E-state index < -0.39 is 21.8 Å². The Kier molecular flexibility index (Phi) is 3.97. The van der Waals surface area contributed by atoms with Crippen LogP contribution in [0.3, 0.4) is 0 Å². The summed E-state index contributed by atoms with van der Waals surface area (Å²) < 4.78 is 26.9. The lowest BCUT2D eigenvalue weighted by atomic mass is 10.1. The Morgan fingerprint density at radius 3 is 2.53 bits per heavy atom. The van der Waals surface area contributed by atoms with Gasteiger partial charge < -0.3 is 5.11 Å². The van der Waals surface area contributed by atoms with Crippen molar-refractivity contribution in [3.05, 3.63) is 12.2 Å². The monoisotopic (exact) mass is 298 g/mol. The minimum absolute atomic E-state index is 0.362. The average molecular weight is 299 g/mol. The Hall–Kier alpha value is 0.0900. The smallest absolute Gasteiger partial charge is 0.265 e. The summed E-state index contributed by atoms with van der Waals surface area (Å²) in [6.45, 7) is 3.74. The van der Waals surface area contributed by atoms with Gasteiger partial charge in [0.2, 0.25) is 0 Å². The summed E-state index contributed by atoms with van der Waals surface area (Å²) in [7, 11) is -3.51. The van der Waals surface area contributed by atoms with Gasteiger partial charge in [-0.15, -0.1) is 0 Å². The van der Waals surface area contributed by atoms with Crippen molar-refractivity contribution < 1.29 is 17.7 Å². The van der Waals surface area contributed by atoms with Gasteiger partial charge in [0.05, 0.1) is 12.4 Å². The largest absolute Gasteiger partial charge is 0.390 e. The molecular formula is C9H15BrO4S. The van der Waals surface area contributed by atoms with Gasteiger partial charge >= 0.3 is 0 Å². The van der Waals surface area contributed by atoms with Crippen molar-refractivity contribution in [2.24, 2.45) is 0 Å². The summed E-state index contributed by atoms with van der Waals surface area (Å²) in [4.78, 5) is 0. The molecule has 0 bridgehead atoms. The van der Waals surface area contributed by atoms with E-state index in [-0.39, 0.29) is 0 Å². The van der Waals surface area contributed by atoms with Gasteiger partial charge in [-0.1, -0.05) is 28.1 Å². The fourth-order valence-corrected chi connectivity index (χ4v) is 2.52. The first kappa shape index (κ1) is 13.2. The molecule has 0 aromatic carbocycles. The third-order valence-electron chi connectivity index (χ3n) is 2.34. The molecule has 0 aromatic rings. The Morgan fingerprint density at radius 1 is 1.67 bits per heavy atom. The topological polar surface area (TPSA) is 63.6 Å². The van der Waals surface area contributed by atoms with Gasteiger partial charge in [0.25, 0.3) is 10.1 Å². The summed E-state index contributed by atoms with van der Waals surface area (Å²) in [5.74, 6) is 0. The Morgan fingerprint density at radius 2 is 2.20 bits per heavy atom. The molecule has 6 heteroatoms. The Labute approximate surface area is 98.6 Å². The molecule has 0 saturated heterocycles. The van der Waals surface area contributed by atoms with Crippen LogP contribution in [0.2, 0.25) is 0 Å². The molecular weight excluding hydrogens is 284 g/mol. The molecule has 0 aromatic heterocycles. The molecule has 0 spiro atoms. The molecule has 1 N–H and O–H groups in total. The van der Waals surface area contributed by atoms with Crippen molar-refractivity contribution in [1.82, 2.24) is 0 Å². The highest BCUT2D eigenvalue weighted by Crippen LogP contribution is 2.45. The summed E-state index contributed by atoms with van der Waals surface area (Å²) in [6, 6.07) is 0. The van der Waals surface area contributed by atoms with E-state index in [1.165, 1.54) is 0 Å². The van der Waals surface area contributed by atoms with Crippen LogP contribution in [-0.2, 0) is 14.3 Å². The number of aliphatic hydroxyl groups excluding tert-OH is 1. The van der Waals surface area contributed by atoms with Crippen LogP contribution >= 0.6 is 15.9 Å². The molecule has 1 aliphatic rings. The minimum atomic E-state index is -3.51. The van der Waals surface area contributed by atoms with Gasteiger partial charge in [0.1, 0.15) is 5.60 Å². The lowest BCUT2D eigenvalue weighted by molar-refractivity contribution is 0.0230. The normalized spacial score (nSPS) is 21.0. The van der Waals surface area contributed by atoms with E-state index in [0.29, 0.717) is 24.6 Å². The maximum absolute atomic E-state index is 11.0. The highest BCUT2D eigenvalue weighted by Gasteiger charge is 2.52. The SMILES string of the molecule is C=C(CBr)C[C@H](O)C1(OS(C)(=O)=O)CC1. The first-order valence-electron chi connectivity index (χ1n) is 4.60. The van der Waals surface area contributed by atoms with E-state index >= 15 is 0 Å². The van der Waals surface area contributed by atoms with E-state index in [1.807, 2.05) is 0 Å². The highest BCUT2D eigenvalue weighted by atomic mass is 79.9. The van der Waals surface area contributed by atoms with E-state index in [0.717, 1.165) is 11.8 Å². The summed E-state index contributed by atoms with van der Waals surface area (Å²) in [5.41, 5.74) is -0.0653. The highest BCUT2D eigenvalue weighted by molar-refractivity contribution is 9.09. The molecule has 88 valence electrons. The quantitative estimate of drug-likeness (QED) is 0.455. The molecule has 1 fully saturated rings. The standard InChI is InChI=1S/C9H15BrO4S/c1-7(6-10)5-8(11)9(3-4-9)14-15(2,12)13/h8,11H,1,3-6H2,2H3/t8-/m0/s1. The van der Waals surface area contributed by atoms with Crippen LogP contribution in [0.15, 0.2) is 12.2 Å². The lowest BCUT2D eigenvalue weighted by Crippen LogP contribution is -2.33. The van der Waals surface area contributed by atoms with E-state index in [2.05, 4.69) is 22.5 Å². The average Bonchev–Trinajstić information content (AvgIpc) is 2.82. The zero-order valence-corrected chi connectivity index (χ0v) is 11.0. The van der Waals surface area contributed by atoms with Gasteiger partial charge in [0.15, 0.2) is 0 Å². The molecule has 4 nitrogen and oxygen atoms in total. The summed E-state index contributed by atoms with van der Waals surface area (Å²) in [5, 5.41) is 10.4. The number of aliphatic hydroxyl groups is 1. The van der Waals surface area contributed by atoms with Crippen LogP contribution in [0.25, 0.3) is 0 Å². The lowest BCUT2D eigenvalue weighted by Gasteiger charge is -2.21. The number of halogens is 1. The molecule has 1 saturated carbocycles. The van der Waals surface area contributed by atoms with Crippen molar-refractivity contribution in [2.75, 3.05) is 11.6 Å². The number of hydrogen-bond acceptors (Lipinski definition) is 4. The molecule has 0 radical (unpaired) electrons. The molecule has 1 aliphatic carbocycles. The second-order valence-corrected chi connectivity index (χ2v) is 6.09. The number of hydrogen-bond donors (Lipinski definition) is 1. The number of rotatable bonds is 6. The fraction of sp³-hybridized carbons (Fsp3) is 0.778. The van der Waals surface area contributed by atoms with E-state index in [1.54, 1.807) is 0 Å². The second-order valence-electron chi connectivity index (χ2n) is 3.96. The van der Waals surface area contributed by atoms with Crippen LogP contribution in [0.1, 0.15) is 19.3 Å². The van der Waals surface area contributed by atoms with E-state index in [9.17, 15) is 13.5 Å². The predicted molar refractivity (Wildman–Crippen MR) is 61.5 cm³/mol. The minimum Gasteiger partial charge on any atom is -0.390 e. The Bertz CT molecular complexity index is 345. The van der Waals surface area contributed by atoms with Gasteiger partial charge in [-0.3, -0.25) is 4.18 Å². The van der Waals surface area contributed by atoms with Gasteiger partial charge in [-0.2, -0.15) is 8.42 Å². The zero-order valence-electron chi connectivity index (χ0n) is 8.57. The van der Waals surface area contributed by atoms with Crippen molar-refractivity contribution in [1.29, 1.82) is 0 Å². The van der Waals surface area contributed by atoms with Crippen LogP contribution in [0.5, 0.6) is 0 Å².